The molecule has 0 aromatic heterocycles. The first-order valence-corrected chi connectivity index (χ1v) is 11.5. The summed E-state index contributed by atoms with van der Waals surface area (Å²) in [5, 5.41) is 5.12. The Hall–Kier alpha value is -4.10. The molecule has 0 unspecified atom stereocenters. The van der Waals surface area contributed by atoms with E-state index in [0.29, 0.717) is 0 Å². The van der Waals surface area contributed by atoms with Gasteiger partial charge in [0, 0.05) is 0 Å². The van der Waals surface area contributed by atoms with E-state index in [1.807, 2.05) is 0 Å². The van der Waals surface area contributed by atoms with Gasteiger partial charge in [-0.2, -0.15) is 0 Å². The number of hydrogen-bond acceptors (Lipinski definition) is 0. The maximum Gasteiger partial charge on any atom is 0.242 e. The van der Waals surface area contributed by atoms with Crippen molar-refractivity contribution in [2.75, 3.05) is 0 Å². The average Bonchev–Trinajstić information content (AvgIpc) is 2.90. The van der Waals surface area contributed by atoms with Crippen molar-refractivity contribution in [3.05, 3.63) is 140 Å². The zero-order valence-electron chi connectivity index (χ0n) is 18.4. The number of fused-ring (bicyclic) bond motifs is 2. The van der Waals surface area contributed by atoms with Crippen molar-refractivity contribution in [2.45, 2.75) is 0 Å². The predicted octanol–water partition coefficient (Wildman–Crippen LogP) is 6.18. The summed E-state index contributed by atoms with van der Waals surface area (Å²) in [6.45, 7) is 0.144. The summed E-state index contributed by atoms with van der Waals surface area (Å²) in [6, 6.07) is 50.5. The van der Waals surface area contributed by atoms with Gasteiger partial charge in [-0.05, 0) is 32.7 Å². The van der Waals surface area contributed by atoms with Crippen LogP contribution >= 0.6 is 0 Å². The molecule has 0 fully saturated rings. The third-order valence-corrected chi connectivity index (χ3v) is 6.60. The van der Waals surface area contributed by atoms with E-state index in [1.165, 1.54) is 49.1 Å². The lowest BCUT2D eigenvalue weighted by atomic mass is 9.36. The third kappa shape index (κ3) is 3.52. The Morgan fingerprint density at radius 1 is 0.364 bits per heavy atom. The molecule has 0 aliphatic heterocycles. The van der Waals surface area contributed by atoms with Crippen LogP contribution in [0, 0.1) is 0 Å². The zero-order valence-corrected chi connectivity index (χ0v) is 18.4. The van der Waals surface area contributed by atoms with Crippen LogP contribution in [0.4, 0.5) is 0 Å². The quantitative estimate of drug-likeness (QED) is 0.300. The van der Waals surface area contributed by atoms with Gasteiger partial charge in [0.15, 0.2) is 0 Å². The van der Waals surface area contributed by atoms with Crippen molar-refractivity contribution in [1.82, 2.24) is 0 Å². The van der Waals surface area contributed by atoms with Crippen molar-refractivity contribution < 1.29 is 0 Å². The minimum absolute atomic E-state index is 0.144. The van der Waals surface area contributed by atoms with Gasteiger partial charge in [-0.3, -0.25) is 0 Å². The average molecular weight is 418 g/mol. The standard InChI is InChI=1S/C32H23B/c1-3-15-26(16-4-1)33(27-17-5-2-6-18-27)31-23-22-25-13-8-10-20-29(25)32(31)30-21-11-14-24-12-7-9-19-28(24)30/h1-23H. The Morgan fingerprint density at radius 2 is 0.879 bits per heavy atom. The van der Waals surface area contributed by atoms with Crippen molar-refractivity contribution >= 4 is 44.6 Å². The van der Waals surface area contributed by atoms with Gasteiger partial charge < -0.3 is 0 Å². The molecule has 0 amide bonds. The van der Waals surface area contributed by atoms with Gasteiger partial charge in [0.25, 0.3) is 0 Å². The normalized spacial score (nSPS) is 11.0. The SMILES string of the molecule is c1ccc(B(c2ccccc2)c2ccc3ccccc3c2-c2cccc3ccccc23)cc1. The van der Waals surface area contributed by atoms with E-state index >= 15 is 0 Å². The number of rotatable bonds is 4. The Balaban J connectivity index is 1.73. The van der Waals surface area contributed by atoms with Crippen LogP contribution in [0.1, 0.15) is 0 Å². The molecule has 0 bridgehead atoms. The van der Waals surface area contributed by atoms with Crippen LogP contribution in [0.15, 0.2) is 140 Å². The van der Waals surface area contributed by atoms with Crippen molar-refractivity contribution in [2.24, 2.45) is 0 Å². The molecule has 33 heavy (non-hydrogen) atoms. The molecule has 0 N–H and O–H groups in total. The highest BCUT2D eigenvalue weighted by atomic mass is 14.1. The van der Waals surface area contributed by atoms with Crippen LogP contribution in [-0.2, 0) is 0 Å². The van der Waals surface area contributed by atoms with Crippen molar-refractivity contribution in [3.63, 3.8) is 0 Å². The lowest BCUT2D eigenvalue weighted by molar-refractivity contribution is 1.69. The molecule has 1 heteroatoms. The molecule has 154 valence electrons. The van der Waals surface area contributed by atoms with Gasteiger partial charge in [0.2, 0.25) is 6.71 Å². The second-order valence-electron chi connectivity index (χ2n) is 8.53. The Morgan fingerprint density at radius 3 is 1.55 bits per heavy atom. The summed E-state index contributed by atoms with van der Waals surface area (Å²) in [5.41, 5.74) is 6.56. The second kappa shape index (κ2) is 8.45. The molecule has 0 radical (unpaired) electrons. The molecule has 6 aromatic carbocycles. The van der Waals surface area contributed by atoms with Gasteiger partial charge in [-0.25, -0.2) is 0 Å². The van der Waals surface area contributed by atoms with Crippen LogP contribution in [0.5, 0.6) is 0 Å². The predicted molar refractivity (Wildman–Crippen MR) is 144 cm³/mol. The maximum absolute atomic E-state index is 2.34. The van der Waals surface area contributed by atoms with Gasteiger partial charge in [-0.1, -0.05) is 156 Å². The first kappa shape index (κ1) is 19.6. The van der Waals surface area contributed by atoms with Crippen LogP contribution in [0.3, 0.4) is 0 Å². The molecule has 6 rings (SSSR count). The molecule has 0 aliphatic rings. The van der Waals surface area contributed by atoms with E-state index in [0.717, 1.165) is 0 Å². The Labute approximate surface area is 195 Å². The minimum atomic E-state index is 0.144. The maximum atomic E-state index is 2.34. The first-order valence-electron chi connectivity index (χ1n) is 11.5. The summed E-state index contributed by atoms with van der Waals surface area (Å²) in [7, 11) is 0. The fourth-order valence-corrected chi connectivity index (χ4v) is 5.12. The lowest BCUT2D eigenvalue weighted by Gasteiger charge is -2.22. The van der Waals surface area contributed by atoms with Crippen LogP contribution in [-0.4, -0.2) is 6.71 Å². The zero-order chi connectivity index (χ0) is 22.0. The summed E-state index contributed by atoms with van der Waals surface area (Å²) < 4.78 is 0. The van der Waals surface area contributed by atoms with Crippen molar-refractivity contribution in [1.29, 1.82) is 0 Å². The lowest BCUT2D eigenvalue weighted by Crippen LogP contribution is -2.52. The third-order valence-electron chi connectivity index (χ3n) is 6.60. The smallest absolute Gasteiger partial charge is 0.0686 e. The number of benzene rings is 6. The second-order valence-corrected chi connectivity index (χ2v) is 8.53. The molecule has 0 atom stereocenters. The largest absolute Gasteiger partial charge is 0.242 e. The Bertz CT molecular complexity index is 1510. The van der Waals surface area contributed by atoms with E-state index < -0.39 is 0 Å². The highest BCUT2D eigenvalue weighted by Crippen LogP contribution is 2.33. The van der Waals surface area contributed by atoms with E-state index in [2.05, 4.69) is 140 Å². The topological polar surface area (TPSA) is 0 Å². The molecule has 0 spiro atoms. The highest BCUT2D eigenvalue weighted by molar-refractivity contribution is 6.96. The molecular formula is C32H23B. The van der Waals surface area contributed by atoms with Crippen LogP contribution in [0.25, 0.3) is 32.7 Å². The molecule has 6 aromatic rings. The fraction of sp³-hybridized carbons (Fsp3) is 0. The monoisotopic (exact) mass is 418 g/mol. The van der Waals surface area contributed by atoms with Crippen molar-refractivity contribution in [3.8, 4) is 11.1 Å². The van der Waals surface area contributed by atoms with Gasteiger partial charge >= 0.3 is 0 Å². The van der Waals surface area contributed by atoms with E-state index in [-0.39, 0.29) is 6.71 Å². The van der Waals surface area contributed by atoms with Gasteiger partial charge in [-0.15, -0.1) is 0 Å². The number of hydrogen-bond donors (Lipinski definition) is 0. The van der Waals surface area contributed by atoms with Crippen LogP contribution < -0.4 is 16.4 Å². The highest BCUT2D eigenvalue weighted by Gasteiger charge is 2.26. The van der Waals surface area contributed by atoms with E-state index in [1.54, 1.807) is 0 Å². The molecule has 0 aliphatic carbocycles. The van der Waals surface area contributed by atoms with E-state index in [9.17, 15) is 0 Å². The van der Waals surface area contributed by atoms with Crippen LogP contribution in [0.2, 0.25) is 0 Å². The summed E-state index contributed by atoms with van der Waals surface area (Å²) in [4.78, 5) is 0. The molecular weight excluding hydrogens is 395 g/mol. The minimum Gasteiger partial charge on any atom is -0.0686 e. The van der Waals surface area contributed by atoms with E-state index in [4.69, 9.17) is 0 Å². The fourth-order valence-electron chi connectivity index (χ4n) is 5.12. The molecule has 0 nitrogen and oxygen atoms in total. The van der Waals surface area contributed by atoms with Gasteiger partial charge in [0.1, 0.15) is 0 Å². The summed E-state index contributed by atoms with van der Waals surface area (Å²) >= 11 is 0. The molecule has 0 heterocycles. The summed E-state index contributed by atoms with van der Waals surface area (Å²) in [5.74, 6) is 0. The molecule has 0 saturated heterocycles. The Kier molecular flexibility index (Phi) is 5.01. The summed E-state index contributed by atoms with van der Waals surface area (Å²) in [6.07, 6.45) is 0. The van der Waals surface area contributed by atoms with Gasteiger partial charge in [0.05, 0.1) is 0 Å². The first-order chi connectivity index (χ1) is 16.4. The molecule has 0 saturated carbocycles.